The maximum Gasteiger partial charge on any atom is 0.106 e. The topological polar surface area (TPSA) is 51.2 Å². The molecule has 0 aliphatic carbocycles. The van der Waals surface area contributed by atoms with Crippen LogP contribution in [0.1, 0.15) is 0 Å². The van der Waals surface area contributed by atoms with E-state index >= 15 is 0 Å². The van der Waals surface area contributed by atoms with Crippen molar-refractivity contribution in [3.63, 3.8) is 0 Å². The maximum atomic E-state index is 8.00. The molecular weight excluding hydrogens is 208 g/mol. The minimum atomic E-state index is 0. The predicted octanol–water partition coefficient (Wildman–Crippen LogP) is 0.930. The fourth-order valence-electron chi connectivity index (χ4n) is 0.342. The van der Waals surface area contributed by atoms with E-state index in [2.05, 4.69) is 6.07 Å². The second kappa shape index (κ2) is 45.2. The molecule has 0 spiro atoms. The minimum absolute atomic E-state index is 0. The van der Waals surface area contributed by atoms with Crippen LogP contribution in [0.15, 0.2) is 30.3 Å². The van der Waals surface area contributed by atoms with Gasteiger partial charge in [-0.2, -0.15) is 36.4 Å². The summed E-state index contributed by atoms with van der Waals surface area (Å²) in [5.74, 6) is 0. The Morgan fingerprint density at radius 1 is 0.692 bits per heavy atom. The first-order chi connectivity index (χ1) is 6.00. The number of hydrogen-bond donors (Lipinski definition) is 0. The molecule has 0 fully saturated rings. The summed E-state index contributed by atoms with van der Waals surface area (Å²) >= 11 is 0. The fraction of sp³-hybridized carbons (Fsp3) is 0. The molecule has 0 N–H and O–H groups in total. The Morgan fingerprint density at radius 2 is 1.00 bits per heavy atom. The van der Waals surface area contributed by atoms with Gasteiger partial charge in [-0.25, -0.2) is 0 Å². The fourth-order valence-corrected chi connectivity index (χ4v) is 0.342. The zero-order valence-corrected chi connectivity index (χ0v) is 8.42. The number of benzene rings is 1. The van der Waals surface area contributed by atoms with E-state index in [1.54, 1.807) is 0 Å². The first-order valence-electron chi connectivity index (χ1n) is 2.78. The Kier molecular flexibility index (Phi) is 78.7. The smallest absolute Gasteiger partial charge is 0.106 e. The van der Waals surface area contributed by atoms with Crippen LogP contribution in [-0.4, -0.2) is 20.4 Å². The molecule has 0 aliphatic heterocycles. The molecule has 3 nitrogen and oxygen atoms in total. The van der Waals surface area contributed by atoms with Crippen LogP contribution >= 0.6 is 0 Å². The van der Waals surface area contributed by atoms with Crippen LogP contribution in [-0.2, 0) is 31.7 Å². The van der Waals surface area contributed by atoms with Crippen LogP contribution in [0.4, 0.5) is 0 Å². The van der Waals surface area contributed by atoms with Crippen molar-refractivity contribution in [2.75, 3.05) is 0 Å². The van der Waals surface area contributed by atoms with Crippen molar-refractivity contribution in [2.24, 2.45) is 0 Å². The molecule has 0 radical (unpaired) electrons. The summed E-state index contributed by atoms with van der Waals surface area (Å²) in [6.45, 7) is 6.00. The van der Waals surface area contributed by atoms with Gasteiger partial charge in [-0.3, -0.25) is 0 Å². The van der Waals surface area contributed by atoms with Crippen LogP contribution < -0.4 is 0 Å². The van der Waals surface area contributed by atoms with Crippen molar-refractivity contribution >= 4 is 20.4 Å². The standard InChI is InChI=1S/C6H5.3CH2O.Cr/c1-2-4-6-5-3-1;3*1-2;/h1-5H;3*1H2;/q-1;;;;. The summed E-state index contributed by atoms with van der Waals surface area (Å²) in [7, 11) is 0. The van der Waals surface area contributed by atoms with Crippen LogP contribution in [0.3, 0.4) is 0 Å². The van der Waals surface area contributed by atoms with Gasteiger partial charge in [0.1, 0.15) is 20.4 Å². The number of hydrogen-bond acceptors (Lipinski definition) is 3. The van der Waals surface area contributed by atoms with Gasteiger partial charge < -0.3 is 14.4 Å². The number of carbonyl (C=O) groups is 3. The van der Waals surface area contributed by atoms with E-state index in [4.69, 9.17) is 14.4 Å². The van der Waals surface area contributed by atoms with E-state index in [1.165, 1.54) is 0 Å². The van der Waals surface area contributed by atoms with Crippen molar-refractivity contribution in [3.8, 4) is 0 Å². The van der Waals surface area contributed by atoms with E-state index in [1.807, 2.05) is 50.7 Å². The van der Waals surface area contributed by atoms with Gasteiger partial charge in [0.25, 0.3) is 0 Å². The van der Waals surface area contributed by atoms with E-state index in [-0.39, 0.29) is 17.4 Å². The Balaban J connectivity index is -0.0000000508. The van der Waals surface area contributed by atoms with E-state index in [9.17, 15) is 0 Å². The first-order valence-corrected chi connectivity index (χ1v) is 2.78. The Bertz CT molecular complexity index is 115. The summed E-state index contributed by atoms with van der Waals surface area (Å²) in [6.07, 6.45) is 0. The van der Waals surface area contributed by atoms with Gasteiger partial charge in [0.2, 0.25) is 0 Å². The maximum absolute atomic E-state index is 8.00. The minimum Gasteiger partial charge on any atom is -0.307 e. The molecule has 0 atom stereocenters. The third-order valence-electron chi connectivity index (χ3n) is 0.607. The molecule has 72 valence electrons. The molecule has 1 aromatic rings. The Hall–Kier alpha value is -1.24. The second-order valence-electron chi connectivity index (χ2n) is 1.08. The molecule has 0 saturated carbocycles. The molecule has 4 heteroatoms. The van der Waals surface area contributed by atoms with Crippen molar-refractivity contribution < 1.29 is 31.7 Å². The van der Waals surface area contributed by atoms with Crippen molar-refractivity contribution in [2.45, 2.75) is 0 Å². The van der Waals surface area contributed by atoms with Crippen molar-refractivity contribution in [1.82, 2.24) is 0 Å². The molecule has 0 aromatic heterocycles. The average molecular weight is 219 g/mol. The summed E-state index contributed by atoms with van der Waals surface area (Å²) in [5, 5.41) is 0. The molecule has 0 heterocycles. The van der Waals surface area contributed by atoms with Gasteiger partial charge in [-0.1, -0.05) is 0 Å². The molecular formula is C9H11CrO3-. The van der Waals surface area contributed by atoms with Gasteiger partial charge in [-0.15, -0.1) is 0 Å². The molecule has 13 heavy (non-hydrogen) atoms. The van der Waals surface area contributed by atoms with Crippen LogP contribution in [0, 0.1) is 6.07 Å². The molecule has 0 saturated heterocycles. The van der Waals surface area contributed by atoms with E-state index in [0.717, 1.165) is 0 Å². The molecule has 1 aromatic carbocycles. The van der Waals surface area contributed by atoms with E-state index < -0.39 is 0 Å². The van der Waals surface area contributed by atoms with Gasteiger partial charge in [0, 0.05) is 17.4 Å². The van der Waals surface area contributed by atoms with Gasteiger partial charge in [0.05, 0.1) is 0 Å². The number of rotatable bonds is 0. The summed E-state index contributed by atoms with van der Waals surface area (Å²) < 4.78 is 0. The largest absolute Gasteiger partial charge is 0.307 e. The zero-order valence-electron chi connectivity index (χ0n) is 7.14. The summed E-state index contributed by atoms with van der Waals surface area (Å²) in [4.78, 5) is 24.0. The van der Waals surface area contributed by atoms with E-state index in [0.29, 0.717) is 0 Å². The van der Waals surface area contributed by atoms with Gasteiger partial charge in [0.15, 0.2) is 0 Å². The van der Waals surface area contributed by atoms with Gasteiger partial charge in [-0.05, 0) is 0 Å². The molecule has 0 bridgehead atoms. The van der Waals surface area contributed by atoms with Crippen molar-refractivity contribution in [1.29, 1.82) is 0 Å². The third kappa shape index (κ3) is 36.4. The molecule has 0 aliphatic rings. The zero-order chi connectivity index (χ0) is 10.2. The monoisotopic (exact) mass is 219 g/mol. The quantitative estimate of drug-likeness (QED) is 0.610. The Labute approximate surface area is 88.9 Å². The second-order valence-corrected chi connectivity index (χ2v) is 1.08. The molecule has 0 amide bonds. The van der Waals surface area contributed by atoms with Crippen molar-refractivity contribution in [3.05, 3.63) is 36.4 Å². The SMILES string of the molecule is C=O.C=O.C=O.[Cr].[c-]1ccccc1. The molecule has 0 unspecified atom stereocenters. The molecule has 1 rings (SSSR count). The Morgan fingerprint density at radius 3 is 1.08 bits per heavy atom. The summed E-state index contributed by atoms with van der Waals surface area (Å²) in [5.41, 5.74) is 0. The van der Waals surface area contributed by atoms with Crippen LogP contribution in [0.25, 0.3) is 0 Å². The van der Waals surface area contributed by atoms with Crippen LogP contribution in [0.2, 0.25) is 0 Å². The number of carbonyl (C=O) groups excluding carboxylic acids is 3. The average Bonchev–Trinajstić information content (AvgIpc) is 2.29. The third-order valence-corrected chi connectivity index (χ3v) is 0.607. The van der Waals surface area contributed by atoms with Gasteiger partial charge >= 0.3 is 0 Å². The summed E-state index contributed by atoms with van der Waals surface area (Å²) in [6, 6.07) is 12.5. The van der Waals surface area contributed by atoms with Crippen LogP contribution in [0.5, 0.6) is 0 Å². The first kappa shape index (κ1) is 22.6. The normalized spacial score (nSPS) is 4.62. The predicted molar refractivity (Wildman–Crippen MR) is 46.6 cm³/mol.